The second-order valence-corrected chi connectivity index (χ2v) is 4.49. The van der Waals surface area contributed by atoms with Crippen molar-refractivity contribution in [1.29, 1.82) is 0 Å². The van der Waals surface area contributed by atoms with Crippen molar-refractivity contribution in [1.82, 2.24) is 5.32 Å². The van der Waals surface area contributed by atoms with Gasteiger partial charge in [-0.05, 0) is 12.5 Å². The van der Waals surface area contributed by atoms with Crippen molar-refractivity contribution in [3.63, 3.8) is 0 Å². The van der Waals surface area contributed by atoms with Gasteiger partial charge in [0.05, 0.1) is 21.8 Å². The van der Waals surface area contributed by atoms with Crippen LogP contribution in [0.4, 0.5) is 5.69 Å². The molecule has 0 spiro atoms. The summed E-state index contributed by atoms with van der Waals surface area (Å²) in [4.78, 5) is 34.8. The molecule has 1 heterocycles. The number of nitro groups is 1. The van der Waals surface area contributed by atoms with E-state index < -0.39 is 4.92 Å². The Morgan fingerprint density at radius 3 is 2.79 bits per heavy atom. The number of hydrogen-bond acceptors (Lipinski definition) is 5. The molecule has 0 saturated heterocycles. The van der Waals surface area contributed by atoms with Crippen LogP contribution in [-0.4, -0.2) is 23.0 Å². The number of Topliss-reactive ketones (excluding diaryl/α,β-unsaturated/α-hetero) is 2. The van der Waals surface area contributed by atoms with Gasteiger partial charge in [0.15, 0.2) is 5.78 Å². The summed E-state index contributed by atoms with van der Waals surface area (Å²) < 4.78 is 0. The van der Waals surface area contributed by atoms with Crippen LogP contribution in [0.2, 0.25) is 0 Å². The molecule has 0 bridgehead atoms. The Hall–Kier alpha value is -2.50. The van der Waals surface area contributed by atoms with Crippen LogP contribution < -0.4 is 5.32 Å². The van der Waals surface area contributed by atoms with E-state index in [1.54, 1.807) is 0 Å². The highest BCUT2D eigenvalue weighted by Crippen LogP contribution is 2.39. The summed E-state index contributed by atoms with van der Waals surface area (Å²) >= 11 is 0. The maximum Gasteiger partial charge on any atom is 0.278 e. The number of nitro benzene ring substituents is 1. The molecule has 0 atom stereocenters. The van der Waals surface area contributed by atoms with Crippen LogP contribution >= 0.6 is 0 Å². The monoisotopic (exact) mass is 258 g/mol. The molecule has 3 rings (SSSR count). The van der Waals surface area contributed by atoms with E-state index in [9.17, 15) is 19.7 Å². The highest BCUT2D eigenvalue weighted by atomic mass is 16.6. The van der Waals surface area contributed by atoms with E-state index in [0.29, 0.717) is 19.4 Å². The van der Waals surface area contributed by atoms with Crippen molar-refractivity contribution >= 4 is 22.8 Å². The quantitative estimate of drug-likeness (QED) is 0.608. The fourth-order valence-electron chi connectivity index (χ4n) is 2.55. The summed E-state index contributed by atoms with van der Waals surface area (Å²) in [5.74, 6) is -0.537. The minimum absolute atomic E-state index is 0.173. The fourth-order valence-corrected chi connectivity index (χ4v) is 2.55. The van der Waals surface area contributed by atoms with E-state index in [2.05, 4.69) is 5.32 Å². The van der Waals surface area contributed by atoms with Gasteiger partial charge in [-0.2, -0.15) is 0 Å². The molecular weight excluding hydrogens is 248 g/mol. The predicted octanol–water partition coefficient (Wildman–Crippen LogP) is 1.45. The first kappa shape index (κ1) is 11.6. The normalized spacial score (nSPS) is 17.7. The third-order valence-corrected chi connectivity index (χ3v) is 3.37. The van der Waals surface area contributed by atoms with Gasteiger partial charge in [-0.15, -0.1) is 0 Å². The summed E-state index contributed by atoms with van der Waals surface area (Å²) in [6, 6.07) is 4.31. The molecule has 1 N–H and O–H groups in total. The third-order valence-electron chi connectivity index (χ3n) is 3.37. The molecule has 0 aromatic heterocycles. The molecule has 0 saturated carbocycles. The molecule has 1 aromatic rings. The second-order valence-electron chi connectivity index (χ2n) is 4.49. The summed E-state index contributed by atoms with van der Waals surface area (Å²) in [6.45, 7) is 0.526. The zero-order valence-corrected chi connectivity index (χ0v) is 9.93. The minimum Gasteiger partial charge on any atom is -0.381 e. The fraction of sp³-hybridized carbons (Fsp3) is 0.231. The van der Waals surface area contributed by atoms with Gasteiger partial charge in [0.25, 0.3) is 5.69 Å². The van der Waals surface area contributed by atoms with Crippen LogP contribution in [-0.2, 0) is 4.79 Å². The van der Waals surface area contributed by atoms with Gasteiger partial charge in [0.2, 0.25) is 5.78 Å². The molecule has 96 valence electrons. The number of benzene rings is 1. The summed E-state index contributed by atoms with van der Waals surface area (Å²) in [6.07, 6.45) is 0.916. The lowest BCUT2D eigenvalue weighted by Gasteiger charge is -2.03. The maximum atomic E-state index is 12.2. The van der Waals surface area contributed by atoms with Crippen LogP contribution in [0.1, 0.15) is 28.8 Å². The van der Waals surface area contributed by atoms with E-state index in [4.69, 9.17) is 0 Å². The predicted molar refractivity (Wildman–Crippen MR) is 66.6 cm³/mol. The van der Waals surface area contributed by atoms with Gasteiger partial charge >= 0.3 is 0 Å². The number of nitrogens with zero attached hydrogens (tertiary/aromatic N) is 1. The number of allylic oxidation sites excluding steroid dienone is 2. The first-order chi connectivity index (χ1) is 9.11. The topological polar surface area (TPSA) is 89.3 Å². The summed E-state index contributed by atoms with van der Waals surface area (Å²) in [7, 11) is 0. The Morgan fingerprint density at radius 1 is 1.26 bits per heavy atom. The SMILES string of the molecule is O=C1CCCNC2=C1c1c(cccc1[N+](=O)[O-])C2=O. The van der Waals surface area contributed by atoms with Gasteiger partial charge in [0.1, 0.15) is 0 Å². The van der Waals surface area contributed by atoms with Gasteiger partial charge in [-0.25, -0.2) is 0 Å². The number of fused-ring (bicyclic) bond motifs is 2. The zero-order valence-electron chi connectivity index (χ0n) is 9.93. The van der Waals surface area contributed by atoms with E-state index in [1.165, 1.54) is 18.2 Å². The molecular formula is C13H10N2O4. The molecule has 6 heteroatoms. The lowest BCUT2D eigenvalue weighted by Crippen LogP contribution is -2.18. The van der Waals surface area contributed by atoms with Gasteiger partial charge < -0.3 is 5.32 Å². The van der Waals surface area contributed by atoms with E-state index in [1.807, 2.05) is 0 Å². The molecule has 2 aliphatic rings. The molecule has 1 aromatic carbocycles. The third kappa shape index (κ3) is 1.56. The first-order valence-electron chi connectivity index (χ1n) is 5.95. The van der Waals surface area contributed by atoms with Crippen molar-refractivity contribution in [3.8, 4) is 0 Å². The first-order valence-corrected chi connectivity index (χ1v) is 5.95. The van der Waals surface area contributed by atoms with E-state index >= 15 is 0 Å². The molecule has 1 aliphatic heterocycles. The summed E-state index contributed by atoms with van der Waals surface area (Å²) in [5.41, 5.74) is 0.623. The Kier molecular flexibility index (Phi) is 2.45. The molecule has 0 amide bonds. The average molecular weight is 258 g/mol. The molecule has 19 heavy (non-hydrogen) atoms. The van der Waals surface area contributed by atoms with Gasteiger partial charge in [0, 0.05) is 24.6 Å². The number of ketones is 2. The number of carbonyl (C=O) groups is 2. The van der Waals surface area contributed by atoms with Crippen LogP contribution in [0.25, 0.3) is 5.57 Å². The van der Waals surface area contributed by atoms with Crippen molar-refractivity contribution < 1.29 is 14.5 Å². The van der Waals surface area contributed by atoms with Crippen molar-refractivity contribution in [3.05, 3.63) is 45.1 Å². The Balaban J connectivity index is 2.31. The zero-order chi connectivity index (χ0) is 13.6. The average Bonchev–Trinajstić information content (AvgIpc) is 2.55. The molecule has 0 fully saturated rings. The maximum absolute atomic E-state index is 12.2. The van der Waals surface area contributed by atoms with E-state index in [-0.39, 0.29) is 39.7 Å². The number of nitrogens with one attached hydrogen (secondary N) is 1. The van der Waals surface area contributed by atoms with Gasteiger partial charge in [-0.1, -0.05) is 6.07 Å². The standard InChI is InChI=1S/C13H10N2O4/c16-9-5-2-6-14-12-11(9)10-7(13(12)17)3-1-4-8(10)15(18)19/h1,3-4,14H,2,5-6H2. The Labute approximate surface area is 108 Å². The van der Waals surface area contributed by atoms with Crippen LogP contribution in [0.3, 0.4) is 0 Å². The van der Waals surface area contributed by atoms with Crippen LogP contribution in [0.15, 0.2) is 23.9 Å². The number of rotatable bonds is 1. The van der Waals surface area contributed by atoms with Crippen molar-refractivity contribution in [2.24, 2.45) is 0 Å². The minimum atomic E-state index is -0.555. The lowest BCUT2D eigenvalue weighted by molar-refractivity contribution is -0.385. The van der Waals surface area contributed by atoms with Crippen LogP contribution in [0, 0.1) is 10.1 Å². The smallest absolute Gasteiger partial charge is 0.278 e. The lowest BCUT2D eigenvalue weighted by atomic mass is 9.98. The van der Waals surface area contributed by atoms with Crippen molar-refractivity contribution in [2.45, 2.75) is 12.8 Å². The number of carbonyl (C=O) groups excluding carboxylic acids is 2. The number of hydrogen-bond donors (Lipinski definition) is 1. The Morgan fingerprint density at radius 2 is 2.05 bits per heavy atom. The van der Waals surface area contributed by atoms with Crippen LogP contribution in [0.5, 0.6) is 0 Å². The highest BCUT2D eigenvalue weighted by molar-refractivity contribution is 6.36. The summed E-state index contributed by atoms with van der Waals surface area (Å²) in [5, 5.41) is 14.0. The molecule has 1 aliphatic carbocycles. The second kappa shape index (κ2) is 4.01. The molecule has 0 unspecified atom stereocenters. The molecule has 6 nitrogen and oxygen atoms in total. The van der Waals surface area contributed by atoms with Gasteiger partial charge in [-0.3, -0.25) is 19.7 Å². The Bertz CT molecular complexity index is 661. The molecule has 0 radical (unpaired) electrons. The van der Waals surface area contributed by atoms with E-state index in [0.717, 1.165) is 0 Å². The largest absolute Gasteiger partial charge is 0.381 e. The highest BCUT2D eigenvalue weighted by Gasteiger charge is 2.39. The van der Waals surface area contributed by atoms with Crippen molar-refractivity contribution in [2.75, 3.05) is 6.54 Å².